The third-order valence-corrected chi connectivity index (χ3v) is 21.3. The molecule has 13 nitrogen and oxygen atoms in total. The van der Waals surface area contributed by atoms with Crippen LogP contribution < -0.4 is 90.5 Å². The van der Waals surface area contributed by atoms with Gasteiger partial charge < -0.3 is 26.5 Å². The summed E-state index contributed by atoms with van der Waals surface area (Å²) in [4.78, 5) is 33.0. The minimum absolute atomic E-state index is 0. The van der Waals surface area contributed by atoms with Gasteiger partial charge >= 0.3 is 112 Å². The van der Waals surface area contributed by atoms with Crippen molar-refractivity contribution in [1.82, 2.24) is 35.1 Å². The summed E-state index contributed by atoms with van der Waals surface area (Å²) in [6, 6.07) is 52.9. The third kappa shape index (κ3) is 43.0. The molecule has 3 saturated carbocycles. The Balaban J connectivity index is 0.000000380. The molecule has 0 unspecified atom stereocenters. The first-order chi connectivity index (χ1) is 54.4. The maximum atomic E-state index is 13.7. The van der Waals surface area contributed by atoms with Crippen molar-refractivity contribution in [1.29, 1.82) is 0 Å². The Labute approximate surface area is 837 Å². The normalized spacial score (nSPS) is 13.5. The van der Waals surface area contributed by atoms with E-state index < -0.39 is 35.2 Å². The standard InChI is InChI=1S/C29H34F3N3.C21H24BrF3N2.C15H20F3N.C8H11N.C6H5Br2N.C6H6BrN.CH2O3.BHNS.2Cs/c1-21-10-8-16-27(22(21)2)34-28-17-9-14-25(33-28)20-35(18-23-11-4-3-5-12-23)19-24-13-6-7-15-26(24)29(30,31)32;22-20-12-6-10-18(26-20)15-27(13-16-7-2-1-3-8-16)14-17-9-4-5-11-19(17)21(23,24)25;16-15(17,18)14-9-5-4-8-13(14)11-19-10-12-6-2-1-3-7-12;1-6-4-3-5-8(9)7(6)2;7-4-5-2-1-3-6(8)9-5;1-5-3-2-4-6(7)8-5;2-1-4-3;1-2-3;;/h6-10,13-17,23H,3-5,11-12,18-20H2,1-2H3,(H,33,34);4-6,9-12,16H,1-3,7-8,13-15H2;4-5,8-9,12,19H,1-3,6-7,10-11H2;3-5H,9H2,1-2H3;1-3H,4H2;2-4H,1H3;1,3H;3H;;/q;;;;;;;;;+1/p-1. The number of aromatic nitrogens is 4. The fraction of sp³-hybridized carbons (Fsp3) is 0.407. The van der Waals surface area contributed by atoms with E-state index in [0.29, 0.717) is 54.1 Å². The van der Waals surface area contributed by atoms with Gasteiger partial charge in [0.15, 0.2) is 0 Å². The summed E-state index contributed by atoms with van der Waals surface area (Å²) in [5.74, 6) is 2.43. The number of nitrogens with zero attached hydrogens (tertiary/aromatic N) is 7. The molecule has 3 aliphatic rings. The Morgan fingerprint density at radius 1 is 0.509 bits per heavy atom. The fourth-order valence-electron chi connectivity index (χ4n) is 13.4. The summed E-state index contributed by atoms with van der Waals surface area (Å²) in [5, 5.41) is 15.8. The van der Waals surface area contributed by atoms with E-state index in [1.54, 1.807) is 36.4 Å². The number of nitrogens with one attached hydrogen (secondary N) is 2. The SMILES string of the molecule is BrCc1cccc(Br)n1.Cc1cccc(Br)n1.Cc1cccc(N)c1C.Cc1cccc(Nc2cccc(CN(Cc3ccccc3C(F)(F)F)CC3CCCCC3)n2)c1C.FC(F)(F)c1ccccc1CN(Cc1cccc(Br)n1)CC1CCCCC1.FC(F)(F)c1ccccc1CNCC1CCCCC1.O=CO[O-].[B]=NS.[Cs+].[Cs]. The Hall–Kier alpha value is -2.78. The summed E-state index contributed by atoms with van der Waals surface area (Å²) in [6.07, 6.45) is 5.19. The summed E-state index contributed by atoms with van der Waals surface area (Å²) in [6.45, 7) is 14.3. The van der Waals surface area contributed by atoms with Crippen LogP contribution in [0.15, 0.2) is 200 Å². The minimum Gasteiger partial charge on any atom is 0 e. The van der Waals surface area contributed by atoms with Gasteiger partial charge in [0, 0.05) is 137 Å². The molecular formula is C86H102BBr4Cs2F9N10O3S. The molecular weight excluding hydrogens is 2020 g/mol. The number of aryl methyl sites for hydroxylation is 3. The number of alkyl halides is 10. The summed E-state index contributed by atoms with van der Waals surface area (Å²) in [5.41, 5.74) is 15.5. The molecule has 30 heteroatoms. The molecule has 0 amide bonds. The fourth-order valence-corrected chi connectivity index (χ4v) is 14.9. The van der Waals surface area contributed by atoms with E-state index in [1.807, 2.05) is 111 Å². The smallest absolute Gasteiger partial charge is 0 e. The van der Waals surface area contributed by atoms with Gasteiger partial charge in [0.1, 0.15) is 19.6 Å². The van der Waals surface area contributed by atoms with Gasteiger partial charge in [0.25, 0.3) is 6.47 Å². The van der Waals surface area contributed by atoms with Crippen LogP contribution in [0.5, 0.6) is 0 Å². The van der Waals surface area contributed by atoms with Gasteiger partial charge in [-0.25, -0.2) is 19.9 Å². The molecule has 0 atom stereocenters. The summed E-state index contributed by atoms with van der Waals surface area (Å²) in [7, 11) is 4.34. The van der Waals surface area contributed by atoms with Crippen LogP contribution in [0.3, 0.4) is 0 Å². The summed E-state index contributed by atoms with van der Waals surface area (Å²) >= 11 is 16.4. The van der Waals surface area contributed by atoms with E-state index >= 15 is 0 Å². The second-order valence-corrected chi connectivity index (χ2v) is 31.3. The van der Waals surface area contributed by atoms with Crippen LogP contribution in [0.2, 0.25) is 0 Å². The van der Waals surface area contributed by atoms with Crippen molar-refractivity contribution in [3.05, 3.63) is 274 Å². The largest absolute Gasteiger partial charge is 1.00 e. The molecule has 4 aromatic heterocycles. The Kier molecular flexibility index (Phi) is 54.7. The van der Waals surface area contributed by atoms with Crippen LogP contribution >= 0.6 is 76.5 Å². The zero-order valence-corrected chi connectivity index (χ0v) is 86.8. The molecule has 616 valence electrons. The third-order valence-electron chi connectivity index (χ3n) is 19.4. The molecule has 0 spiro atoms. The maximum Gasteiger partial charge on any atom is 1.00 e. The van der Waals surface area contributed by atoms with Crippen molar-refractivity contribution in [2.45, 2.75) is 188 Å². The molecule has 116 heavy (non-hydrogen) atoms. The van der Waals surface area contributed by atoms with Gasteiger partial charge in [-0.1, -0.05) is 177 Å². The molecule has 12 rings (SSSR count). The first-order valence-corrected chi connectivity index (χ1v) is 41.7. The van der Waals surface area contributed by atoms with Crippen LogP contribution in [0.1, 0.15) is 175 Å². The number of anilines is 3. The second-order valence-electron chi connectivity index (χ2n) is 28.1. The van der Waals surface area contributed by atoms with Crippen LogP contribution in [0.4, 0.5) is 56.7 Å². The Morgan fingerprint density at radius 2 is 0.879 bits per heavy atom. The molecule has 2 radical (unpaired) electrons. The predicted molar refractivity (Wildman–Crippen MR) is 461 cm³/mol. The van der Waals surface area contributed by atoms with Crippen molar-refractivity contribution < 1.29 is 123 Å². The number of nitrogens with two attached hydrogens (primary N) is 1. The zero-order valence-electron chi connectivity index (χ0n) is 67.0. The van der Waals surface area contributed by atoms with Crippen molar-refractivity contribution in [3.63, 3.8) is 0 Å². The van der Waals surface area contributed by atoms with E-state index in [2.05, 4.69) is 162 Å². The number of hydrogen-bond donors (Lipinski definition) is 4. The zero-order chi connectivity index (χ0) is 83.5. The molecule has 5 aromatic carbocycles. The molecule has 0 saturated heterocycles. The molecule has 3 aliphatic carbocycles. The quantitative estimate of drug-likeness (QED) is 0.00657. The number of thiol groups is 1. The Bertz CT molecular complexity index is 4250. The number of hydrogen-bond acceptors (Lipinski definition) is 14. The molecule has 4 N–H and O–H groups in total. The average Bonchev–Trinajstić information content (AvgIpc) is 0.833. The van der Waals surface area contributed by atoms with Crippen molar-refractivity contribution in [2.24, 2.45) is 22.1 Å². The van der Waals surface area contributed by atoms with Crippen molar-refractivity contribution in [3.8, 4) is 0 Å². The minimum atomic E-state index is -4.36. The maximum absolute atomic E-state index is 13.7. The van der Waals surface area contributed by atoms with Gasteiger partial charge in [-0.15, -0.1) is 0 Å². The first kappa shape index (κ1) is 107. The molecule has 0 aliphatic heterocycles. The van der Waals surface area contributed by atoms with Gasteiger partial charge in [-0.05, 0) is 263 Å². The Morgan fingerprint density at radius 3 is 1.28 bits per heavy atom. The van der Waals surface area contributed by atoms with Crippen LogP contribution in [0, 0.1) is 52.4 Å². The monoisotopic (exact) mass is 2120 g/mol. The molecule has 9 aromatic rings. The number of benzene rings is 5. The summed E-state index contributed by atoms with van der Waals surface area (Å²) < 4.78 is 125. The van der Waals surface area contributed by atoms with Gasteiger partial charge in [0.2, 0.25) is 0 Å². The van der Waals surface area contributed by atoms with Crippen LogP contribution in [0.25, 0.3) is 0 Å². The van der Waals surface area contributed by atoms with Crippen LogP contribution in [-0.2, 0) is 66.3 Å². The number of carbonyl (C=O) groups is 1. The molecule has 3 fully saturated rings. The van der Waals surface area contributed by atoms with Crippen molar-refractivity contribution in [2.75, 3.05) is 30.7 Å². The van der Waals surface area contributed by atoms with E-state index in [-0.39, 0.29) is 157 Å². The molecule has 0 bridgehead atoms. The van der Waals surface area contributed by atoms with E-state index in [1.165, 1.54) is 123 Å². The number of nitrogen functional groups attached to an aromatic ring is 1. The van der Waals surface area contributed by atoms with Gasteiger partial charge in [-0.3, -0.25) is 14.6 Å². The topological polar surface area (TPSA) is 170 Å². The predicted octanol–water partition coefficient (Wildman–Crippen LogP) is 20.9. The van der Waals surface area contributed by atoms with E-state index in [0.717, 1.165) is 110 Å². The molecule has 4 heterocycles. The number of pyridine rings is 4. The first-order valence-electron chi connectivity index (χ1n) is 37.8. The average molecular weight is 2120 g/mol. The van der Waals surface area contributed by atoms with E-state index in [9.17, 15) is 39.5 Å². The number of halogens is 13. The number of carbonyl (C=O) groups excluding carboxylic acids is 1. The van der Waals surface area contributed by atoms with E-state index in [4.69, 9.17) is 20.8 Å². The van der Waals surface area contributed by atoms with Crippen LogP contribution in [-0.4, -0.2) is 132 Å². The van der Waals surface area contributed by atoms with Gasteiger partial charge in [-0.2, -0.15) is 39.5 Å². The van der Waals surface area contributed by atoms with Gasteiger partial charge in [0.05, 0.1) is 33.8 Å². The second kappa shape index (κ2) is 59.1. The van der Waals surface area contributed by atoms with Crippen molar-refractivity contribution >= 4 is 177 Å². The number of rotatable bonds is 20.